The lowest BCUT2D eigenvalue weighted by atomic mass is 10.3. The molecule has 0 N–H and O–H groups in total. The molecule has 0 aliphatic carbocycles. The van der Waals surface area contributed by atoms with Crippen LogP contribution in [0.15, 0.2) is 18.2 Å². The second-order valence-corrected chi connectivity index (χ2v) is 2.45. The van der Waals surface area contributed by atoms with Crippen LogP contribution in [-0.4, -0.2) is 20.8 Å². The van der Waals surface area contributed by atoms with Gasteiger partial charge in [-0.2, -0.15) is 0 Å². The van der Waals surface area contributed by atoms with Crippen LogP contribution in [0.5, 0.6) is 17.2 Å². The zero-order valence-corrected chi connectivity index (χ0v) is 8.16. The van der Waals surface area contributed by atoms with E-state index in [9.17, 15) is 0 Å². The van der Waals surface area contributed by atoms with Gasteiger partial charge in [0.1, 0.15) is 5.75 Å². The van der Waals surface area contributed by atoms with E-state index in [1.165, 1.54) is 0 Å². The lowest BCUT2D eigenvalue weighted by Crippen LogP contribution is -1.95. The Bertz CT molecular complexity index is 271. The molecule has 0 bridgehead atoms. The molecule has 0 aliphatic heterocycles. The Hall–Kier alpha value is -1.38. The van der Waals surface area contributed by atoms with E-state index in [1.807, 2.05) is 19.1 Å². The summed E-state index contributed by atoms with van der Waals surface area (Å²) in [5.74, 6) is 2.20. The van der Waals surface area contributed by atoms with Crippen LogP contribution < -0.4 is 14.2 Å². The molecular weight excluding hydrogens is 168 g/mol. The summed E-state index contributed by atoms with van der Waals surface area (Å²) in [7, 11) is 3.23. The number of hydrogen-bond acceptors (Lipinski definition) is 3. The average Bonchev–Trinajstić information content (AvgIpc) is 2.19. The van der Waals surface area contributed by atoms with Crippen LogP contribution in [-0.2, 0) is 0 Å². The molecule has 0 unspecified atom stereocenters. The first-order chi connectivity index (χ1) is 6.31. The lowest BCUT2D eigenvalue weighted by Gasteiger charge is -2.09. The third-order valence-electron chi connectivity index (χ3n) is 1.67. The van der Waals surface area contributed by atoms with Crippen molar-refractivity contribution in [2.24, 2.45) is 0 Å². The molecule has 1 aromatic rings. The van der Waals surface area contributed by atoms with E-state index in [4.69, 9.17) is 14.2 Å². The van der Waals surface area contributed by atoms with Gasteiger partial charge in [-0.15, -0.1) is 0 Å². The summed E-state index contributed by atoms with van der Waals surface area (Å²) >= 11 is 0. The fourth-order valence-electron chi connectivity index (χ4n) is 1.05. The fourth-order valence-corrected chi connectivity index (χ4v) is 1.05. The largest absolute Gasteiger partial charge is 0.497 e. The zero-order valence-electron chi connectivity index (χ0n) is 8.16. The van der Waals surface area contributed by atoms with Crippen molar-refractivity contribution < 1.29 is 14.2 Å². The van der Waals surface area contributed by atoms with Gasteiger partial charge in [-0.1, -0.05) is 0 Å². The molecule has 0 fully saturated rings. The molecule has 0 saturated heterocycles. The van der Waals surface area contributed by atoms with Gasteiger partial charge in [-0.05, 0) is 19.1 Å². The highest BCUT2D eigenvalue weighted by Gasteiger charge is 2.04. The fraction of sp³-hybridized carbons (Fsp3) is 0.400. The molecule has 0 aliphatic rings. The number of benzene rings is 1. The maximum atomic E-state index is 5.35. The van der Waals surface area contributed by atoms with Gasteiger partial charge in [0.25, 0.3) is 0 Å². The molecular formula is C10H14O3. The summed E-state index contributed by atoms with van der Waals surface area (Å²) in [5.41, 5.74) is 0. The van der Waals surface area contributed by atoms with E-state index >= 15 is 0 Å². The topological polar surface area (TPSA) is 27.7 Å². The van der Waals surface area contributed by atoms with Crippen molar-refractivity contribution in [2.75, 3.05) is 20.8 Å². The van der Waals surface area contributed by atoms with Crippen LogP contribution in [0.3, 0.4) is 0 Å². The molecule has 0 saturated carbocycles. The first kappa shape index (κ1) is 9.71. The van der Waals surface area contributed by atoms with Gasteiger partial charge < -0.3 is 14.2 Å². The van der Waals surface area contributed by atoms with Gasteiger partial charge in [0.2, 0.25) is 0 Å². The Morgan fingerprint density at radius 3 is 2.38 bits per heavy atom. The first-order valence-corrected chi connectivity index (χ1v) is 4.16. The van der Waals surface area contributed by atoms with E-state index in [-0.39, 0.29) is 0 Å². The zero-order chi connectivity index (χ0) is 9.68. The number of hydrogen-bond donors (Lipinski definition) is 0. The molecule has 13 heavy (non-hydrogen) atoms. The first-order valence-electron chi connectivity index (χ1n) is 4.16. The van der Waals surface area contributed by atoms with Gasteiger partial charge in [0.05, 0.1) is 20.8 Å². The summed E-state index contributed by atoms with van der Waals surface area (Å²) in [5, 5.41) is 0. The van der Waals surface area contributed by atoms with Crippen LogP contribution in [0, 0.1) is 0 Å². The lowest BCUT2D eigenvalue weighted by molar-refractivity contribution is 0.308. The smallest absolute Gasteiger partial charge is 0.164 e. The molecule has 0 aromatic heterocycles. The predicted octanol–water partition coefficient (Wildman–Crippen LogP) is 2.10. The highest BCUT2D eigenvalue weighted by atomic mass is 16.5. The number of rotatable bonds is 4. The molecule has 0 heterocycles. The van der Waals surface area contributed by atoms with Crippen LogP contribution in [0.2, 0.25) is 0 Å². The molecule has 0 radical (unpaired) electrons. The normalized spacial score (nSPS) is 9.46. The van der Waals surface area contributed by atoms with Crippen molar-refractivity contribution in [1.29, 1.82) is 0 Å². The van der Waals surface area contributed by atoms with Gasteiger partial charge in [-0.3, -0.25) is 0 Å². The highest BCUT2D eigenvalue weighted by Crippen LogP contribution is 2.30. The highest BCUT2D eigenvalue weighted by molar-refractivity contribution is 5.45. The van der Waals surface area contributed by atoms with Gasteiger partial charge in [0.15, 0.2) is 11.5 Å². The third-order valence-corrected chi connectivity index (χ3v) is 1.67. The van der Waals surface area contributed by atoms with Gasteiger partial charge >= 0.3 is 0 Å². The van der Waals surface area contributed by atoms with Gasteiger partial charge in [0, 0.05) is 6.07 Å². The molecule has 0 spiro atoms. The monoisotopic (exact) mass is 182 g/mol. The Balaban J connectivity index is 2.93. The molecule has 72 valence electrons. The van der Waals surface area contributed by atoms with E-state index in [0.29, 0.717) is 12.4 Å². The molecule has 1 aromatic carbocycles. The van der Waals surface area contributed by atoms with Crippen molar-refractivity contribution in [3.63, 3.8) is 0 Å². The molecule has 0 atom stereocenters. The third kappa shape index (κ3) is 2.28. The number of methoxy groups -OCH3 is 2. The molecule has 1 rings (SSSR count). The van der Waals surface area contributed by atoms with Crippen molar-refractivity contribution in [3.05, 3.63) is 18.2 Å². The summed E-state index contributed by atoms with van der Waals surface area (Å²) < 4.78 is 15.5. The second-order valence-electron chi connectivity index (χ2n) is 2.45. The Kier molecular flexibility index (Phi) is 3.43. The minimum atomic E-state index is 0.628. The van der Waals surface area contributed by atoms with E-state index in [1.54, 1.807) is 20.3 Å². The SMILES string of the molecule is CCOc1ccc(OC)cc1OC. The second kappa shape index (κ2) is 4.60. The molecule has 3 nitrogen and oxygen atoms in total. The minimum Gasteiger partial charge on any atom is -0.497 e. The Morgan fingerprint density at radius 1 is 1.08 bits per heavy atom. The molecule has 0 amide bonds. The predicted molar refractivity (Wildman–Crippen MR) is 50.7 cm³/mol. The Morgan fingerprint density at radius 2 is 1.85 bits per heavy atom. The van der Waals surface area contributed by atoms with Crippen molar-refractivity contribution in [2.45, 2.75) is 6.92 Å². The van der Waals surface area contributed by atoms with Gasteiger partial charge in [-0.25, -0.2) is 0 Å². The summed E-state index contributed by atoms with van der Waals surface area (Å²) in [6.45, 7) is 2.56. The van der Waals surface area contributed by atoms with Crippen LogP contribution in [0.1, 0.15) is 6.92 Å². The van der Waals surface area contributed by atoms with E-state index < -0.39 is 0 Å². The average molecular weight is 182 g/mol. The quantitative estimate of drug-likeness (QED) is 0.713. The Labute approximate surface area is 78.2 Å². The summed E-state index contributed by atoms with van der Waals surface area (Å²) in [6, 6.07) is 5.47. The maximum Gasteiger partial charge on any atom is 0.164 e. The standard InChI is InChI=1S/C10H14O3/c1-4-13-9-6-5-8(11-2)7-10(9)12-3/h5-7H,4H2,1-3H3. The van der Waals surface area contributed by atoms with E-state index in [2.05, 4.69) is 0 Å². The summed E-state index contributed by atoms with van der Waals surface area (Å²) in [4.78, 5) is 0. The van der Waals surface area contributed by atoms with Crippen molar-refractivity contribution >= 4 is 0 Å². The summed E-state index contributed by atoms with van der Waals surface area (Å²) in [6.07, 6.45) is 0. The minimum absolute atomic E-state index is 0.628. The number of ether oxygens (including phenoxy) is 3. The van der Waals surface area contributed by atoms with Crippen molar-refractivity contribution in [1.82, 2.24) is 0 Å². The maximum absolute atomic E-state index is 5.35. The van der Waals surface area contributed by atoms with Crippen molar-refractivity contribution in [3.8, 4) is 17.2 Å². The molecule has 3 heteroatoms. The van der Waals surface area contributed by atoms with Crippen LogP contribution in [0.25, 0.3) is 0 Å². The van der Waals surface area contributed by atoms with E-state index in [0.717, 1.165) is 11.5 Å². The van der Waals surface area contributed by atoms with Crippen LogP contribution in [0.4, 0.5) is 0 Å². The van der Waals surface area contributed by atoms with Crippen LogP contribution >= 0.6 is 0 Å².